The molecule has 0 spiro atoms. The van der Waals surface area contributed by atoms with Crippen LogP contribution < -0.4 is 0 Å². The number of furan rings is 1. The second kappa shape index (κ2) is 7.60. The zero-order valence-electron chi connectivity index (χ0n) is 16.9. The zero-order chi connectivity index (χ0) is 20.7. The van der Waals surface area contributed by atoms with Crippen LogP contribution in [0.25, 0.3) is 11.0 Å². The Balaban J connectivity index is 1.39. The van der Waals surface area contributed by atoms with Gasteiger partial charge < -0.3 is 9.32 Å². The van der Waals surface area contributed by atoms with Crippen LogP contribution in [-0.4, -0.2) is 51.3 Å². The van der Waals surface area contributed by atoms with E-state index in [1.807, 2.05) is 41.9 Å². The van der Waals surface area contributed by atoms with Crippen LogP contribution in [0.4, 0.5) is 0 Å². The van der Waals surface area contributed by atoms with Crippen LogP contribution in [-0.2, 0) is 16.2 Å². The Kier molecular flexibility index (Phi) is 4.78. The first-order chi connectivity index (χ1) is 14.6. The third-order valence-corrected chi connectivity index (χ3v) is 5.90. The minimum Gasteiger partial charge on any atom is -0.451 e. The van der Waals surface area contributed by atoms with Crippen LogP contribution in [0, 0.1) is 6.92 Å². The zero-order valence-corrected chi connectivity index (χ0v) is 16.9. The number of hydrogen-bond donors (Lipinski definition) is 0. The summed E-state index contributed by atoms with van der Waals surface area (Å²) < 4.78 is 7.74. The maximum atomic E-state index is 13.3. The van der Waals surface area contributed by atoms with Gasteiger partial charge in [0.1, 0.15) is 5.58 Å². The van der Waals surface area contributed by atoms with Gasteiger partial charge in [-0.3, -0.25) is 19.1 Å². The number of nitrogens with zero attached hydrogens (tertiary/aromatic N) is 4. The SMILES string of the molecule is Cc1c(C(=O)N2Cc3ccnn3[C@H](CC(=O)N3CCCCO3)C2)oc2ccccc12. The summed E-state index contributed by atoms with van der Waals surface area (Å²) in [6.07, 6.45) is 3.86. The molecule has 4 heterocycles. The first kappa shape index (κ1) is 18.9. The van der Waals surface area contributed by atoms with Gasteiger partial charge in [0.05, 0.1) is 31.3 Å². The highest BCUT2D eigenvalue weighted by Gasteiger charge is 2.34. The van der Waals surface area contributed by atoms with Gasteiger partial charge in [-0.2, -0.15) is 5.10 Å². The van der Waals surface area contributed by atoms with E-state index in [2.05, 4.69) is 5.10 Å². The van der Waals surface area contributed by atoms with Crippen LogP contribution >= 0.6 is 0 Å². The van der Waals surface area contributed by atoms with E-state index in [9.17, 15) is 9.59 Å². The standard InChI is InChI=1S/C22H24N4O4/c1-15-18-6-2-3-7-19(18)30-21(15)22(28)24-13-16-8-9-23-26(16)17(14-24)12-20(27)25-10-4-5-11-29-25/h2-3,6-9,17H,4-5,10-14H2,1H3/t17-/m1/s1. The highest BCUT2D eigenvalue weighted by atomic mass is 16.7. The first-order valence-corrected chi connectivity index (χ1v) is 10.3. The molecular formula is C22H24N4O4. The van der Waals surface area contributed by atoms with Gasteiger partial charge in [0.2, 0.25) is 5.91 Å². The van der Waals surface area contributed by atoms with Gasteiger partial charge in [0.15, 0.2) is 5.76 Å². The summed E-state index contributed by atoms with van der Waals surface area (Å²) in [6.45, 7) is 3.91. The van der Waals surface area contributed by atoms with Gasteiger partial charge in [-0.1, -0.05) is 18.2 Å². The Morgan fingerprint density at radius 2 is 2.07 bits per heavy atom. The van der Waals surface area contributed by atoms with Crippen LogP contribution in [0.1, 0.15) is 47.1 Å². The van der Waals surface area contributed by atoms with E-state index in [0.717, 1.165) is 29.5 Å². The molecule has 5 rings (SSSR count). The van der Waals surface area contributed by atoms with Gasteiger partial charge in [-0.05, 0) is 31.9 Å². The maximum Gasteiger partial charge on any atom is 0.290 e. The van der Waals surface area contributed by atoms with Crippen LogP contribution in [0.15, 0.2) is 40.9 Å². The molecule has 0 radical (unpaired) electrons. The van der Waals surface area contributed by atoms with E-state index in [1.54, 1.807) is 11.1 Å². The molecule has 3 aromatic rings. The van der Waals surface area contributed by atoms with Crippen LogP contribution in [0.3, 0.4) is 0 Å². The minimum atomic E-state index is -0.240. The molecule has 1 atom stereocenters. The number of fused-ring (bicyclic) bond motifs is 2. The molecule has 0 bridgehead atoms. The normalized spacial score (nSPS) is 19.2. The summed E-state index contributed by atoms with van der Waals surface area (Å²) in [5.74, 6) is 0.117. The number of hydrogen-bond acceptors (Lipinski definition) is 5. The van der Waals surface area contributed by atoms with Crippen LogP contribution in [0.5, 0.6) is 0 Å². The first-order valence-electron chi connectivity index (χ1n) is 10.3. The van der Waals surface area contributed by atoms with Crippen molar-refractivity contribution < 1.29 is 18.8 Å². The summed E-state index contributed by atoms with van der Waals surface area (Å²) in [6, 6.07) is 9.29. The number of aryl methyl sites for hydroxylation is 1. The molecular weight excluding hydrogens is 384 g/mol. The van der Waals surface area contributed by atoms with E-state index >= 15 is 0 Å². The fraction of sp³-hybridized carbons (Fsp3) is 0.409. The molecule has 2 aliphatic heterocycles. The molecule has 30 heavy (non-hydrogen) atoms. The highest BCUT2D eigenvalue weighted by molar-refractivity contribution is 5.99. The Labute approximate surface area is 173 Å². The smallest absolute Gasteiger partial charge is 0.290 e. The molecule has 0 aliphatic carbocycles. The lowest BCUT2D eigenvalue weighted by atomic mass is 10.1. The Bertz CT molecular complexity index is 1100. The van der Waals surface area contributed by atoms with E-state index in [1.165, 1.54) is 5.06 Å². The van der Waals surface area contributed by atoms with E-state index in [-0.39, 0.29) is 24.3 Å². The fourth-order valence-corrected chi connectivity index (χ4v) is 4.31. The summed E-state index contributed by atoms with van der Waals surface area (Å²) in [5.41, 5.74) is 2.44. The molecule has 2 amide bonds. The molecule has 0 unspecified atom stereocenters. The number of para-hydroxylation sites is 1. The number of aromatic nitrogens is 2. The highest BCUT2D eigenvalue weighted by Crippen LogP contribution is 2.29. The van der Waals surface area contributed by atoms with Gasteiger partial charge in [0, 0.05) is 30.2 Å². The topological polar surface area (TPSA) is 80.8 Å². The van der Waals surface area contributed by atoms with Crippen molar-refractivity contribution >= 4 is 22.8 Å². The van der Waals surface area contributed by atoms with Gasteiger partial charge in [-0.25, -0.2) is 5.06 Å². The quantitative estimate of drug-likeness (QED) is 0.665. The van der Waals surface area contributed by atoms with Crippen LogP contribution in [0.2, 0.25) is 0 Å². The maximum absolute atomic E-state index is 13.3. The summed E-state index contributed by atoms with van der Waals surface area (Å²) in [4.78, 5) is 33.3. The molecule has 0 saturated carbocycles. The van der Waals surface area contributed by atoms with Crippen molar-refractivity contribution in [2.45, 2.75) is 38.8 Å². The average Bonchev–Trinajstić information content (AvgIpc) is 3.39. The van der Waals surface area contributed by atoms with Gasteiger partial charge in [0.25, 0.3) is 5.91 Å². The molecule has 156 valence electrons. The molecule has 0 N–H and O–H groups in total. The number of carbonyl (C=O) groups is 2. The molecule has 2 aromatic heterocycles. The summed E-state index contributed by atoms with van der Waals surface area (Å²) >= 11 is 0. The molecule has 1 aromatic carbocycles. The monoisotopic (exact) mass is 408 g/mol. The van der Waals surface area contributed by atoms with E-state index in [0.29, 0.717) is 37.6 Å². The van der Waals surface area contributed by atoms with Crippen molar-refractivity contribution in [3.05, 3.63) is 53.5 Å². The number of carbonyl (C=O) groups excluding carboxylic acids is 2. The summed E-state index contributed by atoms with van der Waals surface area (Å²) in [7, 11) is 0. The number of amides is 2. The van der Waals surface area contributed by atoms with Gasteiger partial charge >= 0.3 is 0 Å². The van der Waals surface area contributed by atoms with Crippen molar-refractivity contribution in [2.24, 2.45) is 0 Å². The van der Waals surface area contributed by atoms with E-state index < -0.39 is 0 Å². The largest absolute Gasteiger partial charge is 0.451 e. The third kappa shape index (κ3) is 3.27. The third-order valence-electron chi connectivity index (χ3n) is 5.90. The Morgan fingerprint density at radius 3 is 2.87 bits per heavy atom. The fourth-order valence-electron chi connectivity index (χ4n) is 4.31. The lowest BCUT2D eigenvalue weighted by molar-refractivity contribution is -0.198. The van der Waals surface area contributed by atoms with Crippen molar-refractivity contribution in [1.29, 1.82) is 0 Å². The Hall–Kier alpha value is -3.13. The second-order valence-electron chi connectivity index (χ2n) is 7.90. The lowest BCUT2D eigenvalue weighted by Crippen LogP contribution is -2.44. The number of hydroxylamine groups is 2. The second-order valence-corrected chi connectivity index (χ2v) is 7.90. The lowest BCUT2D eigenvalue weighted by Gasteiger charge is -2.34. The molecule has 1 saturated heterocycles. The predicted molar refractivity (Wildman–Crippen MR) is 108 cm³/mol. The molecule has 8 nitrogen and oxygen atoms in total. The minimum absolute atomic E-state index is 0.0737. The van der Waals surface area contributed by atoms with Crippen molar-refractivity contribution in [3.63, 3.8) is 0 Å². The van der Waals surface area contributed by atoms with Gasteiger partial charge in [-0.15, -0.1) is 0 Å². The predicted octanol–water partition coefficient (Wildman–Crippen LogP) is 3.08. The number of benzene rings is 1. The summed E-state index contributed by atoms with van der Waals surface area (Å²) in [5, 5.41) is 6.80. The number of rotatable bonds is 3. The van der Waals surface area contributed by atoms with Crippen molar-refractivity contribution in [2.75, 3.05) is 19.7 Å². The molecule has 8 heteroatoms. The molecule has 1 fully saturated rings. The Morgan fingerprint density at radius 1 is 1.20 bits per heavy atom. The van der Waals surface area contributed by atoms with Crippen molar-refractivity contribution in [1.82, 2.24) is 19.7 Å². The molecule has 2 aliphatic rings. The van der Waals surface area contributed by atoms with Crippen molar-refractivity contribution in [3.8, 4) is 0 Å². The average molecular weight is 408 g/mol. The van der Waals surface area contributed by atoms with E-state index in [4.69, 9.17) is 9.25 Å².